The van der Waals surface area contributed by atoms with Crippen LogP contribution in [0.15, 0.2) is 30.3 Å². The van der Waals surface area contributed by atoms with Crippen molar-refractivity contribution in [3.8, 4) is 0 Å². The van der Waals surface area contributed by atoms with E-state index in [1.807, 2.05) is 0 Å². The summed E-state index contributed by atoms with van der Waals surface area (Å²) >= 11 is 2.06. The molecular formula is C15H24N2OS. The number of nitrogens with one attached hydrogen (secondary N) is 1. The average molecular weight is 280 g/mol. The van der Waals surface area contributed by atoms with Crippen molar-refractivity contribution in [1.29, 1.82) is 0 Å². The Labute approximate surface area is 120 Å². The first-order valence-electron chi connectivity index (χ1n) is 6.97. The number of ether oxygens (including phenoxy) is 1. The van der Waals surface area contributed by atoms with Gasteiger partial charge >= 0.3 is 0 Å². The minimum absolute atomic E-state index is 0.297. The second-order valence-electron chi connectivity index (χ2n) is 4.83. The molecule has 1 heterocycles. The maximum atomic E-state index is 5.32. The molecule has 0 aliphatic carbocycles. The van der Waals surface area contributed by atoms with E-state index in [1.165, 1.54) is 30.2 Å². The molecule has 1 aliphatic heterocycles. The van der Waals surface area contributed by atoms with Crippen molar-refractivity contribution in [2.24, 2.45) is 0 Å². The lowest BCUT2D eigenvalue weighted by Crippen LogP contribution is -2.39. The molecule has 1 N–H and O–H groups in total. The molecule has 1 atom stereocenters. The van der Waals surface area contributed by atoms with Crippen LogP contribution in [0.2, 0.25) is 0 Å². The molecule has 1 fully saturated rings. The second kappa shape index (κ2) is 8.59. The Hall–Kier alpha value is -0.550. The highest BCUT2D eigenvalue weighted by Gasteiger charge is 2.12. The summed E-state index contributed by atoms with van der Waals surface area (Å²) in [4.78, 5) is 2.54. The lowest BCUT2D eigenvalue weighted by Gasteiger charge is -2.27. The monoisotopic (exact) mass is 280 g/mol. The van der Waals surface area contributed by atoms with Crippen molar-refractivity contribution < 1.29 is 4.74 Å². The van der Waals surface area contributed by atoms with Crippen LogP contribution in [-0.4, -0.2) is 56.3 Å². The van der Waals surface area contributed by atoms with Crippen LogP contribution in [0.25, 0.3) is 0 Å². The fraction of sp³-hybridized carbons (Fsp3) is 0.600. The molecule has 0 amide bonds. The standard InChI is InChI=1S/C15H24N2OS/c1-18-13-15(14-5-3-2-4-6-14)16-7-8-17-9-11-19-12-10-17/h2-6,15-16H,7-13H2,1H3. The summed E-state index contributed by atoms with van der Waals surface area (Å²) in [5.41, 5.74) is 1.30. The molecule has 0 radical (unpaired) electrons. The minimum atomic E-state index is 0.297. The Morgan fingerprint density at radius 2 is 2.00 bits per heavy atom. The number of thioether (sulfide) groups is 1. The molecule has 3 nitrogen and oxygen atoms in total. The van der Waals surface area contributed by atoms with Gasteiger partial charge in [0.05, 0.1) is 12.6 Å². The molecule has 1 aromatic rings. The molecule has 0 spiro atoms. The van der Waals surface area contributed by atoms with Crippen LogP contribution in [0, 0.1) is 0 Å². The van der Waals surface area contributed by atoms with Crippen molar-refractivity contribution in [2.45, 2.75) is 6.04 Å². The van der Waals surface area contributed by atoms with Crippen LogP contribution >= 0.6 is 11.8 Å². The molecule has 0 bridgehead atoms. The smallest absolute Gasteiger partial charge is 0.0657 e. The molecule has 19 heavy (non-hydrogen) atoms. The fourth-order valence-electron chi connectivity index (χ4n) is 2.35. The van der Waals surface area contributed by atoms with Gasteiger partial charge in [-0.3, -0.25) is 0 Å². The number of hydrogen-bond donors (Lipinski definition) is 1. The number of rotatable bonds is 7. The largest absolute Gasteiger partial charge is 0.383 e. The Morgan fingerprint density at radius 1 is 1.26 bits per heavy atom. The predicted octanol–water partition coefficient (Wildman–Crippen LogP) is 2.01. The van der Waals surface area contributed by atoms with Gasteiger partial charge in [0.15, 0.2) is 0 Å². The van der Waals surface area contributed by atoms with Gasteiger partial charge in [0.1, 0.15) is 0 Å². The van der Waals surface area contributed by atoms with Gasteiger partial charge in [0.2, 0.25) is 0 Å². The summed E-state index contributed by atoms with van der Waals surface area (Å²) in [6.45, 7) is 5.33. The summed E-state index contributed by atoms with van der Waals surface area (Å²) in [5, 5.41) is 3.61. The van der Waals surface area contributed by atoms with Gasteiger partial charge in [-0.2, -0.15) is 11.8 Å². The molecule has 0 aromatic heterocycles. The van der Waals surface area contributed by atoms with Crippen LogP contribution in [-0.2, 0) is 4.74 Å². The summed E-state index contributed by atoms with van der Waals surface area (Å²) in [6, 6.07) is 10.8. The maximum absolute atomic E-state index is 5.32. The molecule has 1 unspecified atom stereocenters. The Balaban J connectivity index is 1.77. The van der Waals surface area contributed by atoms with Crippen molar-refractivity contribution in [3.63, 3.8) is 0 Å². The highest BCUT2D eigenvalue weighted by atomic mass is 32.2. The third kappa shape index (κ3) is 5.15. The van der Waals surface area contributed by atoms with Crippen LogP contribution in [0.1, 0.15) is 11.6 Å². The number of nitrogens with zero attached hydrogens (tertiary/aromatic N) is 1. The third-order valence-corrected chi connectivity index (χ3v) is 4.40. The van der Waals surface area contributed by atoms with Gasteiger partial charge in [-0.25, -0.2) is 0 Å². The SMILES string of the molecule is COCC(NCCN1CCSCC1)c1ccccc1. The predicted molar refractivity (Wildman–Crippen MR) is 82.8 cm³/mol. The molecule has 106 valence electrons. The number of hydrogen-bond acceptors (Lipinski definition) is 4. The van der Waals surface area contributed by atoms with Gasteiger partial charge < -0.3 is 15.0 Å². The van der Waals surface area contributed by atoms with Crippen molar-refractivity contribution in [2.75, 3.05) is 51.4 Å². The lowest BCUT2D eigenvalue weighted by atomic mass is 10.1. The van der Waals surface area contributed by atoms with Gasteiger partial charge in [0, 0.05) is 44.8 Å². The highest BCUT2D eigenvalue weighted by molar-refractivity contribution is 7.99. The Bertz CT molecular complexity index is 341. The lowest BCUT2D eigenvalue weighted by molar-refractivity contribution is 0.164. The van der Waals surface area contributed by atoms with Crippen LogP contribution in [0.3, 0.4) is 0 Å². The van der Waals surface area contributed by atoms with Crippen LogP contribution < -0.4 is 5.32 Å². The second-order valence-corrected chi connectivity index (χ2v) is 6.05. The Kier molecular flexibility index (Phi) is 6.71. The highest BCUT2D eigenvalue weighted by Crippen LogP contribution is 2.13. The van der Waals surface area contributed by atoms with Gasteiger partial charge in [-0.1, -0.05) is 30.3 Å². The van der Waals surface area contributed by atoms with E-state index in [2.05, 4.69) is 52.3 Å². The molecule has 4 heteroatoms. The van der Waals surface area contributed by atoms with E-state index >= 15 is 0 Å². The van der Waals surface area contributed by atoms with E-state index in [0.717, 1.165) is 19.7 Å². The first-order chi connectivity index (χ1) is 9.40. The first kappa shape index (κ1) is 14.9. The minimum Gasteiger partial charge on any atom is -0.383 e. The van der Waals surface area contributed by atoms with Crippen LogP contribution in [0.5, 0.6) is 0 Å². The summed E-state index contributed by atoms with van der Waals surface area (Å²) in [7, 11) is 1.76. The van der Waals surface area contributed by atoms with Gasteiger partial charge in [0.25, 0.3) is 0 Å². The van der Waals surface area contributed by atoms with E-state index < -0.39 is 0 Å². The zero-order valence-electron chi connectivity index (χ0n) is 11.7. The first-order valence-corrected chi connectivity index (χ1v) is 8.13. The topological polar surface area (TPSA) is 24.5 Å². The van der Waals surface area contributed by atoms with E-state index in [1.54, 1.807) is 7.11 Å². The molecular weight excluding hydrogens is 256 g/mol. The Morgan fingerprint density at radius 3 is 2.68 bits per heavy atom. The van der Waals surface area contributed by atoms with Crippen molar-refractivity contribution in [3.05, 3.63) is 35.9 Å². The van der Waals surface area contributed by atoms with Crippen molar-refractivity contribution >= 4 is 11.8 Å². The molecule has 1 saturated heterocycles. The van der Waals surface area contributed by atoms with Crippen LogP contribution in [0.4, 0.5) is 0 Å². The van der Waals surface area contributed by atoms with E-state index in [0.29, 0.717) is 6.04 Å². The molecule has 1 aromatic carbocycles. The van der Waals surface area contributed by atoms with E-state index in [-0.39, 0.29) is 0 Å². The number of benzene rings is 1. The third-order valence-electron chi connectivity index (χ3n) is 3.46. The van der Waals surface area contributed by atoms with E-state index in [4.69, 9.17) is 4.74 Å². The summed E-state index contributed by atoms with van der Waals surface area (Å²) < 4.78 is 5.32. The zero-order chi connectivity index (χ0) is 13.3. The van der Waals surface area contributed by atoms with Gasteiger partial charge in [-0.15, -0.1) is 0 Å². The summed E-state index contributed by atoms with van der Waals surface area (Å²) in [5.74, 6) is 2.56. The number of methoxy groups -OCH3 is 1. The molecule has 1 aliphatic rings. The molecule has 2 rings (SSSR count). The maximum Gasteiger partial charge on any atom is 0.0657 e. The van der Waals surface area contributed by atoms with E-state index in [9.17, 15) is 0 Å². The zero-order valence-corrected chi connectivity index (χ0v) is 12.5. The van der Waals surface area contributed by atoms with Gasteiger partial charge in [-0.05, 0) is 5.56 Å². The summed E-state index contributed by atoms with van der Waals surface area (Å²) in [6.07, 6.45) is 0. The average Bonchev–Trinajstić information content (AvgIpc) is 2.48. The normalized spacial score (nSPS) is 18.4. The fourth-order valence-corrected chi connectivity index (χ4v) is 3.33. The van der Waals surface area contributed by atoms with Crippen molar-refractivity contribution in [1.82, 2.24) is 10.2 Å². The molecule has 0 saturated carbocycles. The quantitative estimate of drug-likeness (QED) is 0.826.